The van der Waals surface area contributed by atoms with E-state index in [1.165, 1.54) is 6.07 Å². The van der Waals surface area contributed by atoms with Gasteiger partial charge in [0.15, 0.2) is 16.8 Å². The lowest BCUT2D eigenvalue weighted by atomic mass is 9.98. The highest BCUT2D eigenvalue weighted by molar-refractivity contribution is 8.15. The number of amidine groups is 1. The van der Waals surface area contributed by atoms with E-state index in [0.717, 1.165) is 46.3 Å². The summed E-state index contributed by atoms with van der Waals surface area (Å²) < 4.78 is 26.6. The number of aliphatic imine (C=N–C) groups is 1. The number of benzene rings is 3. The minimum absolute atomic E-state index is 0.107. The van der Waals surface area contributed by atoms with E-state index in [4.69, 9.17) is 16.7 Å². The first kappa shape index (κ1) is 25.1. The van der Waals surface area contributed by atoms with Gasteiger partial charge in [-0.15, -0.1) is 0 Å². The van der Waals surface area contributed by atoms with Gasteiger partial charge in [0, 0.05) is 29.6 Å². The highest BCUT2D eigenvalue weighted by Crippen LogP contribution is 2.39. The molecule has 0 bridgehead atoms. The molecule has 3 aromatic carbocycles. The van der Waals surface area contributed by atoms with Crippen molar-refractivity contribution in [2.45, 2.75) is 31.1 Å². The van der Waals surface area contributed by atoms with Gasteiger partial charge in [0.2, 0.25) is 5.91 Å². The second kappa shape index (κ2) is 10.4. The quantitative estimate of drug-likeness (QED) is 0.426. The first-order valence-corrected chi connectivity index (χ1v) is 12.8. The molecule has 2 atom stereocenters. The Labute approximate surface area is 221 Å². The molecule has 6 nitrogen and oxygen atoms in total. The van der Waals surface area contributed by atoms with Crippen LogP contribution in [-0.4, -0.2) is 33.0 Å². The number of carbonyl (C=O) groups is 2. The van der Waals surface area contributed by atoms with Gasteiger partial charge in [-0.2, -0.15) is 10.1 Å². The third kappa shape index (κ3) is 5.57. The molecule has 37 heavy (non-hydrogen) atoms. The number of nitrogens with one attached hydrogen (secondary N) is 1. The van der Waals surface area contributed by atoms with Crippen molar-refractivity contribution in [3.8, 4) is 0 Å². The molecule has 2 aliphatic heterocycles. The second-order valence-corrected chi connectivity index (χ2v) is 10.4. The van der Waals surface area contributed by atoms with Crippen LogP contribution in [0, 0.1) is 18.6 Å². The van der Waals surface area contributed by atoms with E-state index < -0.39 is 28.7 Å². The standard InChI is InChI=1S/C27H21ClF2N4O2S/c1-15-2-4-16(5-3-15)22-13-23(17-6-8-18(28)9-7-17)34(33-22)27-32-26(36)24(37-27)14-25(35)31-19-10-11-20(29)21(30)12-19/h2-12,23-24H,13-14H2,1H3,(H,31,35). The van der Waals surface area contributed by atoms with E-state index in [1.54, 1.807) is 17.1 Å². The average Bonchev–Trinajstić information content (AvgIpc) is 3.46. The van der Waals surface area contributed by atoms with Crippen LogP contribution in [0.25, 0.3) is 0 Å². The Kier molecular flexibility index (Phi) is 7.08. The van der Waals surface area contributed by atoms with Crippen molar-refractivity contribution in [3.63, 3.8) is 0 Å². The molecular weight excluding hydrogens is 518 g/mol. The number of hydrazone groups is 1. The number of hydrogen-bond acceptors (Lipinski definition) is 5. The number of amides is 2. The summed E-state index contributed by atoms with van der Waals surface area (Å²) in [6, 6.07) is 18.4. The molecule has 0 saturated heterocycles. The molecule has 0 radical (unpaired) electrons. The number of aryl methyl sites for hydroxylation is 1. The van der Waals surface area contributed by atoms with Crippen molar-refractivity contribution < 1.29 is 18.4 Å². The number of rotatable bonds is 5. The molecule has 5 rings (SSSR count). The Hall–Kier alpha value is -3.56. The van der Waals surface area contributed by atoms with Gasteiger partial charge in [0.25, 0.3) is 5.91 Å². The van der Waals surface area contributed by atoms with Gasteiger partial charge in [0.1, 0.15) is 5.25 Å². The summed E-state index contributed by atoms with van der Waals surface area (Å²) in [5, 5.41) is 9.30. The van der Waals surface area contributed by atoms with Gasteiger partial charge < -0.3 is 5.32 Å². The molecule has 10 heteroatoms. The highest BCUT2D eigenvalue weighted by Gasteiger charge is 2.39. The lowest BCUT2D eigenvalue weighted by molar-refractivity contribution is -0.121. The molecule has 1 N–H and O–H groups in total. The molecule has 0 aromatic heterocycles. The average molecular weight is 539 g/mol. The largest absolute Gasteiger partial charge is 0.326 e. The molecule has 2 heterocycles. The van der Waals surface area contributed by atoms with Crippen LogP contribution >= 0.6 is 23.4 Å². The van der Waals surface area contributed by atoms with Crippen molar-refractivity contribution in [2.75, 3.05) is 5.32 Å². The Balaban J connectivity index is 1.34. The number of carbonyl (C=O) groups excluding carboxylic acids is 2. The smallest absolute Gasteiger partial charge is 0.262 e. The molecule has 0 saturated carbocycles. The molecule has 2 amide bonds. The van der Waals surface area contributed by atoms with Crippen LogP contribution in [0.5, 0.6) is 0 Å². The third-order valence-corrected chi connectivity index (χ3v) is 7.44. The van der Waals surface area contributed by atoms with Crippen LogP contribution in [0.2, 0.25) is 5.02 Å². The van der Waals surface area contributed by atoms with Crippen LogP contribution in [0.1, 0.15) is 35.6 Å². The zero-order chi connectivity index (χ0) is 26.1. The fraction of sp³-hybridized carbons (Fsp3) is 0.185. The zero-order valence-corrected chi connectivity index (χ0v) is 21.2. The fourth-order valence-electron chi connectivity index (χ4n) is 4.11. The summed E-state index contributed by atoms with van der Waals surface area (Å²) in [5.74, 6) is -3.04. The summed E-state index contributed by atoms with van der Waals surface area (Å²) in [4.78, 5) is 29.5. The van der Waals surface area contributed by atoms with E-state index in [0.29, 0.717) is 16.6 Å². The molecule has 188 valence electrons. The van der Waals surface area contributed by atoms with Crippen molar-refractivity contribution in [1.82, 2.24) is 5.01 Å². The molecule has 0 aliphatic carbocycles. The van der Waals surface area contributed by atoms with Crippen LogP contribution in [0.15, 0.2) is 76.8 Å². The summed E-state index contributed by atoms with van der Waals surface area (Å²) in [7, 11) is 0. The predicted octanol–water partition coefficient (Wildman–Crippen LogP) is 6.10. The van der Waals surface area contributed by atoms with Gasteiger partial charge in [-0.3, -0.25) is 9.59 Å². The van der Waals surface area contributed by atoms with E-state index in [-0.39, 0.29) is 18.2 Å². The van der Waals surface area contributed by atoms with Crippen LogP contribution < -0.4 is 5.32 Å². The number of thioether (sulfide) groups is 1. The van der Waals surface area contributed by atoms with Crippen LogP contribution in [0.3, 0.4) is 0 Å². The Morgan fingerprint density at radius 2 is 1.81 bits per heavy atom. The van der Waals surface area contributed by atoms with E-state index in [1.807, 2.05) is 43.3 Å². The summed E-state index contributed by atoms with van der Waals surface area (Å²) in [5.41, 5.74) is 4.04. The molecule has 2 aliphatic rings. The minimum atomic E-state index is -1.07. The van der Waals surface area contributed by atoms with Crippen LogP contribution in [0.4, 0.5) is 14.5 Å². The van der Waals surface area contributed by atoms with Gasteiger partial charge in [-0.25, -0.2) is 13.8 Å². The van der Waals surface area contributed by atoms with Gasteiger partial charge >= 0.3 is 0 Å². The van der Waals surface area contributed by atoms with E-state index >= 15 is 0 Å². The number of anilines is 1. The first-order valence-electron chi connectivity index (χ1n) is 11.5. The summed E-state index contributed by atoms with van der Waals surface area (Å²) >= 11 is 7.25. The van der Waals surface area contributed by atoms with Gasteiger partial charge in [0.05, 0.1) is 11.8 Å². The maximum Gasteiger partial charge on any atom is 0.262 e. The first-order chi connectivity index (χ1) is 17.8. The number of nitrogens with zero attached hydrogens (tertiary/aromatic N) is 3. The van der Waals surface area contributed by atoms with Gasteiger partial charge in [-0.1, -0.05) is 65.3 Å². The zero-order valence-electron chi connectivity index (χ0n) is 19.6. The second-order valence-electron chi connectivity index (χ2n) is 8.75. The predicted molar refractivity (Wildman–Crippen MR) is 142 cm³/mol. The highest BCUT2D eigenvalue weighted by atomic mass is 35.5. The van der Waals surface area contributed by atoms with Crippen molar-refractivity contribution in [2.24, 2.45) is 10.1 Å². The number of halogens is 3. The molecule has 0 fully saturated rings. The van der Waals surface area contributed by atoms with Crippen molar-refractivity contribution >= 4 is 51.7 Å². The Morgan fingerprint density at radius 3 is 2.51 bits per heavy atom. The molecular formula is C27H21ClF2N4O2S. The topological polar surface area (TPSA) is 74.1 Å². The maximum atomic E-state index is 13.5. The van der Waals surface area contributed by atoms with Crippen LogP contribution in [-0.2, 0) is 9.59 Å². The normalized spacial score (nSPS) is 19.1. The third-order valence-electron chi connectivity index (χ3n) is 6.05. The maximum absolute atomic E-state index is 13.5. The monoisotopic (exact) mass is 538 g/mol. The summed E-state index contributed by atoms with van der Waals surface area (Å²) in [6.07, 6.45) is 0.420. The SMILES string of the molecule is Cc1ccc(C2=NN(C3=NC(=O)C(CC(=O)Nc4ccc(F)c(F)c4)S3)C(c3ccc(Cl)cc3)C2)cc1. The van der Waals surface area contributed by atoms with Gasteiger partial charge in [-0.05, 0) is 42.3 Å². The fourth-order valence-corrected chi connectivity index (χ4v) is 5.30. The molecule has 0 spiro atoms. The summed E-state index contributed by atoms with van der Waals surface area (Å²) in [6.45, 7) is 2.02. The Morgan fingerprint density at radius 1 is 1.08 bits per heavy atom. The van der Waals surface area contributed by atoms with Crippen molar-refractivity contribution in [1.29, 1.82) is 0 Å². The molecule has 3 aromatic rings. The lowest BCUT2D eigenvalue weighted by Gasteiger charge is -2.23. The molecule has 2 unspecified atom stereocenters. The minimum Gasteiger partial charge on any atom is -0.326 e. The van der Waals surface area contributed by atoms with Crippen molar-refractivity contribution in [3.05, 3.63) is 100 Å². The number of hydrogen-bond donors (Lipinski definition) is 1. The van der Waals surface area contributed by atoms with E-state index in [2.05, 4.69) is 10.3 Å². The Bertz CT molecular complexity index is 1430. The lowest BCUT2D eigenvalue weighted by Crippen LogP contribution is -2.25. The van der Waals surface area contributed by atoms with E-state index in [9.17, 15) is 18.4 Å².